The largest absolute Gasteiger partial charge is 0.490 e. The predicted molar refractivity (Wildman–Crippen MR) is 146 cm³/mol. The lowest BCUT2D eigenvalue weighted by molar-refractivity contribution is -0.122. The monoisotopic (exact) mass is 562 g/mol. The molecule has 1 aliphatic heterocycles. The van der Waals surface area contributed by atoms with Crippen molar-refractivity contribution in [2.45, 2.75) is 33.8 Å². The molecule has 0 aliphatic carbocycles. The van der Waals surface area contributed by atoms with Crippen molar-refractivity contribution < 1.29 is 23.9 Å². The van der Waals surface area contributed by atoms with Gasteiger partial charge < -0.3 is 9.47 Å². The van der Waals surface area contributed by atoms with Crippen LogP contribution in [-0.2, 0) is 22.6 Å². The minimum Gasteiger partial charge on any atom is -0.490 e. The van der Waals surface area contributed by atoms with Crippen molar-refractivity contribution in [3.8, 4) is 11.5 Å². The molecular weight excluding hydrogens is 536 g/mol. The van der Waals surface area contributed by atoms with Crippen molar-refractivity contribution in [2.75, 3.05) is 11.5 Å². The third kappa shape index (κ3) is 5.91. The number of nitrogens with one attached hydrogen (secondary N) is 1. The van der Waals surface area contributed by atoms with Crippen molar-refractivity contribution >= 4 is 45.5 Å². The average molecular weight is 563 g/mol. The summed E-state index contributed by atoms with van der Waals surface area (Å²) >= 11 is 3.52. The molecule has 1 saturated heterocycles. The van der Waals surface area contributed by atoms with E-state index in [0.717, 1.165) is 22.4 Å². The third-order valence-corrected chi connectivity index (χ3v) is 6.57. The SMILES string of the molecule is CCOc1cc(/C=C2/C(=O)NC(=O)N(c3ccc(CC)cc3)C2=O)c(Br)cc1OCc1ccc(C)cc1. The maximum Gasteiger partial charge on any atom is 0.335 e. The number of carbonyl (C=O) groups excluding carboxylic acids is 3. The van der Waals surface area contributed by atoms with Gasteiger partial charge in [0.25, 0.3) is 11.8 Å². The van der Waals surface area contributed by atoms with E-state index in [1.807, 2.05) is 57.2 Å². The summed E-state index contributed by atoms with van der Waals surface area (Å²) in [4.78, 5) is 39.4. The van der Waals surface area contributed by atoms with Crippen LogP contribution in [0.5, 0.6) is 11.5 Å². The zero-order valence-electron chi connectivity index (χ0n) is 20.8. The summed E-state index contributed by atoms with van der Waals surface area (Å²) in [5, 5.41) is 2.26. The summed E-state index contributed by atoms with van der Waals surface area (Å²) in [5.41, 5.74) is 3.98. The summed E-state index contributed by atoms with van der Waals surface area (Å²) in [6.07, 6.45) is 2.26. The van der Waals surface area contributed by atoms with Crippen LogP contribution in [0.2, 0.25) is 0 Å². The minimum absolute atomic E-state index is 0.171. The number of hydrogen-bond acceptors (Lipinski definition) is 5. The van der Waals surface area contributed by atoms with Gasteiger partial charge in [-0.25, -0.2) is 9.69 Å². The molecule has 4 amide bonds. The second kappa shape index (κ2) is 11.4. The molecule has 0 spiro atoms. The number of rotatable bonds is 8. The van der Waals surface area contributed by atoms with E-state index in [0.29, 0.717) is 40.4 Å². The molecule has 190 valence electrons. The lowest BCUT2D eigenvalue weighted by atomic mass is 10.1. The maximum absolute atomic E-state index is 13.3. The van der Waals surface area contributed by atoms with Crippen LogP contribution >= 0.6 is 15.9 Å². The first kappa shape index (κ1) is 26.2. The molecule has 0 bridgehead atoms. The van der Waals surface area contributed by atoms with Crippen LogP contribution in [0.25, 0.3) is 6.08 Å². The number of carbonyl (C=O) groups is 3. The molecule has 8 heteroatoms. The first-order valence-electron chi connectivity index (χ1n) is 12.0. The maximum atomic E-state index is 13.3. The molecule has 3 aromatic carbocycles. The van der Waals surface area contributed by atoms with Crippen molar-refractivity contribution in [3.05, 3.63) is 93.0 Å². The number of ether oxygens (including phenoxy) is 2. The fraction of sp³-hybridized carbons (Fsp3) is 0.207. The smallest absolute Gasteiger partial charge is 0.335 e. The number of aryl methyl sites for hydroxylation is 2. The normalized spacial score (nSPS) is 14.6. The van der Waals surface area contributed by atoms with Gasteiger partial charge in [0.1, 0.15) is 12.2 Å². The van der Waals surface area contributed by atoms with Gasteiger partial charge in [-0.15, -0.1) is 0 Å². The molecule has 7 nitrogen and oxygen atoms in total. The number of barbiturate groups is 1. The molecule has 37 heavy (non-hydrogen) atoms. The predicted octanol–water partition coefficient (Wildman–Crippen LogP) is 5.96. The van der Waals surface area contributed by atoms with Crippen LogP contribution in [0.3, 0.4) is 0 Å². The van der Waals surface area contributed by atoms with E-state index in [1.54, 1.807) is 24.3 Å². The Morgan fingerprint density at radius 1 is 0.892 bits per heavy atom. The van der Waals surface area contributed by atoms with E-state index >= 15 is 0 Å². The van der Waals surface area contributed by atoms with Crippen LogP contribution in [0.1, 0.15) is 36.1 Å². The highest BCUT2D eigenvalue weighted by Gasteiger charge is 2.37. The Morgan fingerprint density at radius 2 is 1.54 bits per heavy atom. The highest BCUT2D eigenvalue weighted by Crippen LogP contribution is 2.36. The Kier molecular flexibility index (Phi) is 8.08. The number of imide groups is 2. The molecule has 4 rings (SSSR count). The van der Waals surface area contributed by atoms with Gasteiger partial charge in [0.2, 0.25) is 0 Å². The molecule has 0 radical (unpaired) electrons. The van der Waals surface area contributed by atoms with E-state index < -0.39 is 17.8 Å². The van der Waals surface area contributed by atoms with Gasteiger partial charge in [-0.1, -0.05) is 64.8 Å². The first-order chi connectivity index (χ1) is 17.8. The number of amides is 4. The zero-order valence-corrected chi connectivity index (χ0v) is 22.4. The summed E-state index contributed by atoms with van der Waals surface area (Å²) in [6.45, 7) is 6.64. The number of urea groups is 1. The molecule has 1 fully saturated rings. The molecule has 0 unspecified atom stereocenters. The van der Waals surface area contributed by atoms with Crippen molar-refractivity contribution in [1.29, 1.82) is 0 Å². The summed E-state index contributed by atoms with van der Waals surface area (Å²) in [5.74, 6) is -0.483. The van der Waals surface area contributed by atoms with Gasteiger partial charge in [-0.2, -0.15) is 0 Å². The van der Waals surface area contributed by atoms with E-state index in [1.165, 1.54) is 11.6 Å². The van der Waals surface area contributed by atoms with Gasteiger partial charge in [-0.3, -0.25) is 14.9 Å². The molecular formula is C29H27BrN2O5. The Morgan fingerprint density at radius 3 is 2.19 bits per heavy atom. The molecule has 1 aliphatic rings. The molecule has 0 saturated carbocycles. The van der Waals surface area contributed by atoms with Gasteiger partial charge in [0, 0.05) is 4.47 Å². The van der Waals surface area contributed by atoms with Gasteiger partial charge in [0.15, 0.2) is 11.5 Å². The summed E-state index contributed by atoms with van der Waals surface area (Å²) < 4.78 is 12.4. The quantitative estimate of drug-likeness (QED) is 0.270. The fourth-order valence-electron chi connectivity index (χ4n) is 3.82. The van der Waals surface area contributed by atoms with E-state index in [4.69, 9.17) is 9.47 Å². The number of benzene rings is 3. The van der Waals surface area contributed by atoms with Crippen LogP contribution in [-0.4, -0.2) is 24.5 Å². The molecule has 0 aromatic heterocycles. The van der Waals surface area contributed by atoms with Gasteiger partial charge in [-0.05, 0) is 67.3 Å². The third-order valence-electron chi connectivity index (χ3n) is 5.88. The fourth-order valence-corrected chi connectivity index (χ4v) is 4.25. The first-order valence-corrected chi connectivity index (χ1v) is 12.7. The topological polar surface area (TPSA) is 84.9 Å². The van der Waals surface area contributed by atoms with Crippen LogP contribution in [0, 0.1) is 6.92 Å². The van der Waals surface area contributed by atoms with Gasteiger partial charge in [0.05, 0.1) is 12.3 Å². The highest BCUT2D eigenvalue weighted by molar-refractivity contribution is 9.10. The van der Waals surface area contributed by atoms with Crippen molar-refractivity contribution in [1.82, 2.24) is 5.32 Å². The summed E-state index contributed by atoms with van der Waals surface area (Å²) in [6, 6.07) is 17.7. The molecule has 1 N–H and O–H groups in total. The molecule has 1 heterocycles. The lowest BCUT2D eigenvalue weighted by Gasteiger charge is -2.26. The van der Waals surface area contributed by atoms with Crippen LogP contribution < -0.4 is 19.7 Å². The van der Waals surface area contributed by atoms with E-state index in [9.17, 15) is 14.4 Å². The standard InChI is InChI=1S/C29H27BrN2O5/c1-4-19-10-12-22(13-11-19)32-28(34)23(27(33)31-29(32)35)14-21-15-25(36-5-2)26(16-24(21)30)37-17-20-8-6-18(3)7-9-20/h6-16H,4-5,17H2,1-3H3,(H,31,33,35)/b23-14-. The zero-order chi connectivity index (χ0) is 26.5. The highest BCUT2D eigenvalue weighted by atomic mass is 79.9. The second-order valence-corrected chi connectivity index (χ2v) is 9.36. The van der Waals surface area contributed by atoms with Crippen LogP contribution in [0.15, 0.2) is 70.7 Å². The minimum atomic E-state index is -0.787. The molecule has 0 atom stereocenters. The van der Waals surface area contributed by atoms with E-state index in [-0.39, 0.29) is 5.57 Å². The van der Waals surface area contributed by atoms with Crippen LogP contribution in [0.4, 0.5) is 10.5 Å². The Balaban J connectivity index is 1.64. The number of anilines is 1. The average Bonchev–Trinajstić information content (AvgIpc) is 2.88. The summed E-state index contributed by atoms with van der Waals surface area (Å²) in [7, 11) is 0. The van der Waals surface area contributed by atoms with Crippen molar-refractivity contribution in [3.63, 3.8) is 0 Å². The molecule has 3 aromatic rings. The Labute approximate surface area is 224 Å². The Hall–Kier alpha value is -3.91. The van der Waals surface area contributed by atoms with Crippen molar-refractivity contribution in [2.24, 2.45) is 0 Å². The lowest BCUT2D eigenvalue weighted by Crippen LogP contribution is -2.54. The number of halogens is 1. The Bertz CT molecular complexity index is 1360. The number of nitrogens with zero attached hydrogens (tertiary/aromatic N) is 1. The van der Waals surface area contributed by atoms with E-state index in [2.05, 4.69) is 21.2 Å². The number of hydrogen-bond donors (Lipinski definition) is 1. The second-order valence-electron chi connectivity index (χ2n) is 8.51. The van der Waals surface area contributed by atoms with Gasteiger partial charge >= 0.3 is 6.03 Å².